The lowest BCUT2D eigenvalue weighted by Gasteiger charge is -2.14. The summed E-state index contributed by atoms with van der Waals surface area (Å²) < 4.78 is 1.59. The Balaban J connectivity index is 2.54. The molecule has 0 bridgehead atoms. The first-order valence-electron chi connectivity index (χ1n) is 6.84. The Kier molecular flexibility index (Phi) is 4.71. The summed E-state index contributed by atoms with van der Waals surface area (Å²) >= 11 is 0. The quantitative estimate of drug-likeness (QED) is 0.867. The van der Waals surface area contributed by atoms with E-state index in [9.17, 15) is 9.90 Å². The number of aryl methyl sites for hydroxylation is 1. The highest BCUT2D eigenvalue weighted by Crippen LogP contribution is 2.19. The molecule has 0 saturated carbocycles. The first-order chi connectivity index (χ1) is 9.71. The van der Waals surface area contributed by atoms with E-state index in [4.69, 9.17) is 5.73 Å². The van der Waals surface area contributed by atoms with Gasteiger partial charge < -0.3 is 15.4 Å². The van der Waals surface area contributed by atoms with E-state index in [2.05, 4.69) is 19.1 Å². The molecule has 0 saturated heterocycles. The van der Waals surface area contributed by atoms with E-state index in [1.165, 1.54) is 5.56 Å². The van der Waals surface area contributed by atoms with Crippen molar-refractivity contribution in [3.8, 4) is 11.3 Å². The van der Waals surface area contributed by atoms with Crippen LogP contribution in [0.1, 0.15) is 18.1 Å². The molecule has 2 rings (SSSR count). The van der Waals surface area contributed by atoms with Crippen LogP contribution in [0.3, 0.4) is 0 Å². The molecule has 2 aromatic rings. The van der Waals surface area contributed by atoms with Crippen LogP contribution in [-0.2, 0) is 19.5 Å². The van der Waals surface area contributed by atoms with E-state index < -0.39 is 0 Å². The van der Waals surface area contributed by atoms with Gasteiger partial charge in [-0.15, -0.1) is 0 Å². The van der Waals surface area contributed by atoms with Crippen molar-refractivity contribution in [2.45, 2.75) is 26.4 Å². The van der Waals surface area contributed by atoms with Gasteiger partial charge in [0.05, 0.1) is 12.3 Å². The fourth-order valence-corrected chi connectivity index (χ4v) is 2.26. The monoisotopic (exact) mass is 272 g/mol. The van der Waals surface area contributed by atoms with Gasteiger partial charge in [0.15, 0.2) is 0 Å². The first kappa shape index (κ1) is 14.5. The minimum Gasteiger partial charge on any atom is -0.395 e. The standard InChI is InChI=1S/C16H20N2O2/c1-2-12-3-5-13(6-4-12)15-8-7-14(11-17)16(20)18(15)9-10-19/h3-8,19H,2,9-11,17H2,1H3. The Bertz CT molecular complexity index is 630. The number of rotatable bonds is 5. The minimum atomic E-state index is -0.126. The molecular formula is C16H20N2O2. The lowest BCUT2D eigenvalue weighted by Crippen LogP contribution is -2.27. The van der Waals surface area contributed by atoms with Crippen molar-refractivity contribution in [3.05, 3.63) is 57.9 Å². The molecule has 1 aromatic carbocycles. The van der Waals surface area contributed by atoms with E-state index in [1.54, 1.807) is 10.6 Å². The van der Waals surface area contributed by atoms with Gasteiger partial charge in [-0.05, 0) is 23.6 Å². The smallest absolute Gasteiger partial charge is 0.255 e. The van der Waals surface area contributed by atoms with E-state index in [0.29, 0.717) is 5.56 Å². The largest absolute Gasteiger partial charge is 0.395 e. The second kappa shape index (κ2) is 6.50. The SMILES string of the molecule is CCc1ccc(-c2ccc(CN)c(=O)n2CCO)cc1. The van der Waals surface area contributed by atoms with Crippen LogP contribution in [0.25, 0.3) is 11.3 Å². The molecule has 20 heavy (non-hydrogen) atoms. The van der Waals surface area contributed by atoms with E-state index in [1.807, 2.05) is 18.2 Å². The van der Waals surface area contributed by atoms with Gasteiger partial charge in [-0.3, -0.25) is 4.79 Å². The summed E-state index contributed by atoms with van der Waals surface area (Å²) in [5.74, 6) is 0. The number of nitrogens with two attached hydrogens (primary N) is 1. The molecule has 0 radical (unpaired) electrons. The molecular weight excluding hydrogens is 252 g/mol. The van der Waals surface area contributed by atoms with Gasteiger partial charge in [-0.1, -0.05) is 37.3 Å². The summed E-state index contributed by atoms with van der Waals surface area (Å²) in [5.41, 5.74) is 9.03. The number of benzene rings is 1. The van der Waals surface area contributed by atoms with Crippen molar-refractivity contribution in [3.63, 3.8) is 0 Å². The maximum absolute atomic E-state index is 12.3. The number of pyridine rings is 1. The molecule has 0 aliphatic heterocycles. The summed E-state index contributed by atoms with van der Waals surface area (Å²) in [4.78, 5) is 12.3. The topological polar surface area (TPSA) is 68.2 Å². The van der Waals surface area contributed by atoms with Crippen LogP contribution in [-0.4, -0.2) is 16.3 Å². The molecule has 4 heteroatoms. The molecule has 3 N–H and O–H groups in total. The third-order valence-corrected chi connectivity index (χ3v) is 3.45. The summed E-state index contributed by atoms with van der Waals surface area (Å²) in [6, 6.07) is 11.8. The molecule has 0 atom stereocenters. The summed E-state index contributed by atoms with van der Waals surface area (Å²) in [6.07, 6.45) is 0.982. The van der Waals surface area contributed by atoms with Crippen molar-refractivity contribution in [1.82, 2.24) is 4.57 Å². The molecule has 0 spiro atoms. The average molecular weight is 272 g/mol. The highest BCUT2D eigenvalue weighted by atomic mass is 16.3. The van der Waals surface area contributed by atoms with Crippen molar-refractivity contribution >= 4 is 0 Å². The van der Waals surface area contributed by atoms with E-state index >= 15 is 0 Å². The summed E-state index contributed by atoms with van der Waals surface area (Å²) in [6.45, 7) is 2.51. The number of hydrogen-bond acceptors (Lipinski definition) is 3. The highest BCUT2D eigenvalue weighted by molar-refractivity contribution is 5.60. The lowest BCUT2D eigenvalue weighted by atomic mass is 10.1. The van der Waals surface area contributed by atoms with Crippen molar-refractivity contribution < 1.29 is 5.11 Å². The molecule has 1 aromatic heterocycles. The van der Waals surface area contributed by atoms with Crippen LogP contribution in [0.5, 0.6) is 0 Å². The summed E-state index contributed by atoms with van der Waals surface area (Å²) in [7, 11) is 0. The molecule has 1 heterocycles. The zero-order valence-corrected chi connectivity index (χ0v) is 11.7. The van der Waals surface area contributed by atoms with Crippen LogP contribution in [0.4, 0.5) is 0 Å². The van der Waals surface area contributed by atoms with Gasteiger partial charge in [-0.25, -0.2) is 0 Å². The summed E-state index contributed by atoms with van der Waals surface area (Å²) in [5, 5.41) is 9.17. The number of aliphatic hydroxyl groups excluding tert-OH is 1. The first-order valence-corrected chi connectivity index (χ1v) is 6.84. The molecule has 0 aliphatic rings. The Morgan fingerprint density at radius 3 is 2.40 bits per heavy atom. The number of aliphatic hydroxyl groups is 1. The molecule has 106 valence electrons. The third-order valence-electron chi connectivity index (χ3n) is 3.45. The van der Waals surface area contributed by atoms with E-state index in [0.717, 1.165) is 17.7 Å². The Morgan fingerprint density at radius 1 is 1.15 bits per heavy atom. The predicted octanol–water partition coefficient (Wildman–Crippen LogP) is 1.53. The van der Waals surface area contributed by atoms with Crippen LogP contribution in [0, 0.1) is 0 Å². The van der Waals surface area contributed by atoms with Crippen LogP contribution in [0.2, 0.25) is 0 Å². The Morgan fingerprint density at radius 2 is 1.85 bits per heavy atom. The van der Waals surface area contributed by atoms with Crippen molar-refractivity contribution in [2.24, 2.45) is 5.73 Å². The van der Waals surface area contributed by atoms with Gasteiger partial charge in [0, 0.05) is 18.7 Å². The minimum absolute atomic E-state index is 0.0754. The van der Waals surface area contributed by atoms with Crippen LogP contribution < -0.4 is 11.3 Å². The molecule has 0 amide bonds. The van der Waals surface area contributed by atoms with Gasteiger partial charge in [0.1, 0.15) is 0 Å². The highest BCUT2D eigenvalue weighted by Gasteiger charge is 2.09. The Labute approximate surface area is 118 Å². The fourth-order valence-electron chi connectivity index (χ4n) is 2.26. The molecule has 4 nitrogen and oxygen atoms in total. The zero-order valence-electron chi connectivity index (χ0n) is 11.7. The average Bonchev–Trinajstić information content (AvgIpc) is 2.49. The molecule has 0 unspecified atom stereocenters. The number of hydrogen-bond donors (Lipinski definition) is 2. The van der Waals surface area contributed by atoms with Crippen molar-refractivity contribution in [1.29, 1.82) is 0 Å². The zero-order chi connectivity index (χ0) is 14.5. The number of nitrogens with zero attached hydrogens (tertiary/aromatic N) is 1. The van der Waals surface area contributed by atoms with Crippen LogP contribution >= 0.6 is 0 Å². The fraction of sp³-hybridized carbons (Fsp3) is 0.312. The third kappa shape index (κ3) is 2.81. The van der Waals surface area contributed by atoms with E-state index in [-0.39, 0.29) is 25.3 Å². The second-order valence-corrected chi connectivity index (χ2v) is 4.68. The number of aromatic nitrogens is 1. The second-order valence-electron chi connectivity index (χ2n) is 4.68. The maximum Gasteiger partial charge on any atom is 0.255 e. The molecule has 0 aliphatic carbocycles. The molecule has 0 fully saturated rings. The predicted molar refractivity (Wildman–Crippen MR) is 80.5 cm³/mol. The lowest BCUT2D eigenvalue weighted by molar-refractivity contribution is 0.274. The Hall–Kier alpha value is -1.91. The van der Waals surface area contributed by atoms with Crippen LogP contribution in [0.15, 0.2) is 41.2 Å². The van der Waals surface area contributed by atoms with Gasteiger partial charge in [-0.2, -0.15) is 0 Å². The van der Waals surface area contributed by atoms with Gasteiger partial charge >= 0.3 is 0 Å². The van der Waals surface area contributed by atoms with Gasteiger partial charge in [0.2, 0.25) is 0 Å². The maximum atomic E-state index is 12.3. The normalized spacial score (nSPS) is 10.8. The van der Waals surface area contributed by atoms with Crippen molar-refractivity contribution in [2.75, 3.05) is 6.61 Å². The van der Waals surface area contributed by atoms with Gasteiger partial charge in [0.25, 0.3) is 5.56 Å².